The van der Waals surface area contributed by atoms with Crippen LogP contribution < -0.4 is 0 Å². The van der Waals surface area contributed by atoms with Crippen LogP contribution in [0.5, 0.6) is 0 Å². The van der Waals surface area contributed by atoms with Crippen molar-refractivity contribution >= 4 is 28.3 Å². The number of hydrogen-bond donors (Lipinski definition) is 0. The van der Waals surface area contributed by atoms with Crippen molar-refractivity contribution in [3.05, 3.63) is 35.0 Å². The summed E-state index contributed by atoms with van der Waals surface area (Å²) < 4.78 is 7.00. The van der Waals surface area contributed by atoms with E-state index in [-0.39, 0.29) is 12.4 Å². The molecule has 0 saturated carbocycles. The second-order valence-corrected chi connectivity index (χ2v) is 4.29. The van der Waals surface area contributed by atoms with E-state index < -0.39 is 0 Å². The number of benzene rings is 1. The van der Waals surface area contributed by atoms with Gasteiger partial charge in [-0.3, -0.25) is 4.79 Å². The molecule has 0 aliphatic heterocycles. The third kappa shape index (κ3) is 2.35. The number of ketones is 1. The Bertz CT molecular complexity index is 560. The molecule has 2 aromatic rings. The van der Waals surface area contributed by atoms with Crippen LogP contribution in [0.1, 0.15) is 17.4 Å². The molecule has 90 valence electrons. The molecule has 0 atom stereocenters. The zero-order valence-corrected chi connectivity index (χ0v) is 10.6. The molecular formula is C13H14ClNO2. The molecule has 3 nitrogen and oxygen atoms in total. The fourth-order valence-corrected chi connectivity index (χ4v) is 2.04. The molecule has 4 heteroatoms. The Morgan fingerprint density at radius 1 is 1.41 bits per heavy atom. The maximum atomic E-state index is 11.9. The third-order valence-electron chi connectivity index (χ3n) is 2.73. The molecule has 1 heterocycles. The van der Waals surface area contributed by atoms with E-state index in [9.17, 15) is 4.79 Å². The lowest BCUT2D eigenvalue weighted by atomic mass is 10.2. The van der Waals surface area contributed by atoms with Gasteiger partial charge in [-0.2, -0.15) is 0 Å². The van der Waals surface area contributed by atoms with Crippen molar-refractivity contribution < 1.29 is 9.53 Å². The van der Waals surface area contributed by atoms with Gasteiger partial charge >= 0.3 is 0 Å². The van der Waals surface area contributed by atoms with Gasteiger partial charge in [0.1, 0.15) is 6.61 Å². The quantitative estimate of drug-likeness (QED) is 0.782. The number of aryl methyl sites for hydroxylation is 1. The first-order valence-corrected chi connectivity index (χ1v) is 5.87. The lowest BCUT2D eigenvalue weighted by molar-refractivity contribution is 0.0775. The maximum Gasteiger partial charge on any atom is 0.204 e. The molecule has 0 unspecified atom stereocenters. The summed E-state index contributed by atoms with van der Waals surface area (Å²) in [6.07, 6.45) is 0. The zero-order chi connectivity index (χ0) is 12.4. The standard InChI is InChI=1S/C13H14ClNO2/c1-3-17-8-13(16)12-7-9-6-10(14)4-5-11(9)15(12)2/h4-7H,3,8H2,1-2H3. The minimum Gasteiger partial charge on any atom is -0.374 e. The highest BCUT2D eigenvalue weighted by Gasteiger charge is 2.13. The number of ether oxygens (including phenoxy) is 1. The van der Waals surface area contributed by atoms with Crippen molar-refractivity contribution in [2.45, 2.75) is 6.92 Å². The van der Waals surface area contributed by atoms with Crippen molar-refractivity contribution in [3.8, 4) is 0 Å². The highest BCUT2D eigenvalue weighted by Crippen LogP contribution is 2.22. The van der Waals surface area contributed by atoms with Gasteiger partial charge in [0, 0.05) is 29.6 Å². The van der Waals surface area contributed by atoms with Crippen molar-refractivity contribution in [1.29, 1.82) is 0 Å². The Labute approximate surface area is 105 Å². The van der Waals surface area contributed by atoms with E-state index in [0.717, 1.165) is 10.9 Å². The second-order valence-electron chi connectivity index (χ2n) is 3.85. The predicted octanol–water partition coefficient (Wildman–Crippen LogP) is 3.05. The van der Waals surface area contributed by atoms with Gasteiger partial charge < -0.3 is 9.30 Å². The molecule has 0 aliphatic carbocycles. The number of carbonyl (C=O) groups is 1. The largest absolute Gasteiger partial charge is 0.374 e. The van der Waals surface area contributed by atoms with E-state index in [1.165, 1.54) is 0 Å². The summed E-state index contributed by atoms with van der Waals surface area (Å²) in [7, 11) is 1.87. The maximum absolute atomic E-state index is 11.9. The van der Waals surface area contributed by atoms with Crippen LogP contribution in [0.15, 0.2) is 24.3 Å². The first-order valence-electron chi connectivity index (χ1n) is 5.49. The number of rotatable bonds is 4. The molecule has 0 aliphatic rings. The monoisotopic (exact) mass is 251 g/mol. The van der Waals surface area contributed by atoms with Crippen LogP contribution in [0, 0.1) is 0 Å². The van der Waals surface area contributed by atoms with Gasteiger partial charge in [-0.15, -0.1) is 0 Å². The summed E-state index contributed by atoms with van der Waals surface area (Å²) in [5.41, 5.74) is 1.64. The molecule has 0 fully saturated rings. The predicted molar refractivity (Wildman–Crippen MR) is 68.8 cm³/mol. The summed E-state index contributed by atoms with van der Waals surface area (Å²) in [5, 5.41) is 1.65. The number of fused-ring (bicyclic) bond motifs is 1. The van der Waals surface area contributed by atoms with Gasteiger partial charge in [0.15, 0.2) is 0 Å². The van der Waals surface area contributed by atoms with Crippen LogP contribution in [0.2, 0.25) is 5.02 Å². The third-order valence-corrected chi connectivity index (χ3v) is 2.96. The van der Waals surface area contributed by atoms with Gasteiger partial charge in [0.25, 0.3) is 0 Å². The van der Waals surface area contributed by atoms with Gasteiger partial charge in [-0.1, -0.05) is 11.6 Å². The first kappa shape index (κ1) is 12.1. The fraction of sp³-hybridized carbons (Fsp3) is 0.308. The summed E-state index contributed by atoms with van der Waals surface area (Å²) in [6.45, 7) is 2.53. The highest BCUT2D eigenvalue weighted by molar-refractivity contribution is 6.31. The Morgan fingerprint density at radius 2 is 2.18 bits per heavy atom. The van der Waals surface area contributed by atoms with Crippen LogP contribution in [-0.2, 0) is 11.8 Å². The minimum absolute atomic E-state index is 0.0123. The molecule has 1 aromatic heterocycles. The molecule has 1 aromatic carbocycles. The van der Waals surface area contributed by atoms with E-state index in [0.29, 0.717) is 17.3 Å². The lowest BCUT2D eigenvalue weighted by Gasteiger charge is -2.03. The van der Waals surface area contributed by atoms with Crippen LogP contribution >= 0.6 is 11.6 Å². The first-order chi connectivity index (χ1) is 8.13. The Hall–Kier alpha value is -1.32. The number of hydrogen-bond acceptors (Lipinski definition) is 2. The van der Waals surface area contributed by atoms with Crippen molar-refractivity contribution in [3.63, 3.8) is 0 Å². The van der Waals surface area contributed by atoms with Crippen LogP contribution in [0.3, 0.4) is 0 Å². The highest BCUT2D eigenvalue weighted by atomic mass is 35.5. The summed E-state index contributed by atoms with van der Waals surface area (Å²) in [4.78, 5) is 11.9. The number of aromatic nitrogens is 1. The van der Waals surface area contributed by atoms with Crippen LogP contribution in [0.25, 0.3) is 10.9 Å². The summed E-state index contributed by atoms with van der Waals surface area (Å²) in [6, 6.07) is 7.44. The van der Waals surface area contributed by atoms with Crippen molar-refractivity contribution in [2.75, 3.05) is 13.2 Å². The SMILES string of the molecule is CCOCC(=O)c1cc2cc(Cl)ccc2n1C. The number of Topliss-reactive ketones (excluding diaryl/α,β-unsaturated/α-hetero) is 1. The van der Waals surface area contributed by atoms with E-state index in [1.54, 1.807) is 0 Å². The Morgan fingerprint density at radius 3 is 2.88 bits per heavy atom. The Kier molecular flexibility index (Phi) is 3.50. The number of halogens is 1. The Balaban J connectivity index is 2.41. The molecule has 2 rings (SSSR count). The van der Waals surface area contributed by atoms with E-state index in [2.05, 4.69) is 0 Å². The average Bonchev–Trinajstić information content (AvgIpc) is 2.63. The van der Waals surface area contributed by atoms with E-state index >= 15 is 0 Å². The smallest absolute Gasteiger partial charge is 0.204 e. The summed E-state index contributed by atoms with van der Waals surface area (Å²) in [5.74, 6) is -0.0123. The van der Waals surface area contributed by atoms with Crippen LogP contribution in [0.4, 0.5) is 0 Å². The van der Waals surface area contributed by atoms with Gasteiger partial charge in [-0.05, 0) is 31.2 Å². The summed E-state index contributed by atoms with van der Waals surface area (Å²) >= 11 is 5.92. The molecule has 0 spiro atoms. The fourth-order valence-electron chi connectivity index (χ4n) is 1.86. The topological polar surface area (TPSA) is 31.2 Å². The molecule has 0 bridgehead atoms. The molecule has 0 amide bonds. The van der Waals surface area contributed by atoms with Gasteiger partial charge in [-0.25, -0.2) is 0 Å². The average molecular weight is 252 g/mol. The van der Waals surface area contributed by atoms with E-state index in [4.69, 9.17) is 16.3 Å². The molecule has 0 radical (unpaired) electrons. The molecule has 17 heavy (non-hydrogen) atoms. The van der Waals surface area contributed by atoms with Crippen molar-refractivity contribution in [1.82, 2.24) is 4.57 Å². The van der Waals surface area contributed by atoms with Crippen LogP contribution in [-0.4, -0.2) is 23.6 Å². The lowest BCUT2D eigenvalue weighted by Crippen LogP contribution is -2.12. The molecule has 0 saturated heterocycles. The van der Waals surface area contributed by atoms with Crippen molar-refractivity contribution in [2.24, 2.45) is 7.05 Å². The van der Waals surface area contributed by atoms with E-state index in [1.807, 2.05) is 42.8 Å². The van der Waals surface area contributed by atoms with Gasteiger partial charge in [0.05, 0.1) is 5.69 Å². The normalized spacial score (nSPS) is 11.0. The molecular weight excluding hydrogens is 238 g/mol. The molecule has 0 N–H and O–H groups in total. The van der Waals surface area contributed by atoms with Gasteiger partial charge in [0.2, 0.25) is 5.78 Å². The minimum atomic E-state index is -0.0123. The number of carbonyl (C=O) groups excluding carboxylic acids is 1. The second kappa shape index (κ2) is 4.90. The number of nitrogens with zero attached hydrogens (tertiary/aromatic N) is 1. The zero-order valence-electron chi connectivity index (χ0n) is 9.87.